The lowest BCUT2D eigenvalue weighted by Crippen LogP contribution is -2.23. The van der Waals surface area contributed by atoms with E-state index in [1.54, 1.807) is 11.8 Å². The van der Waals surface area contributed by atoms with E-state index in [4.69, 9.17) is 10.9 Å². The van der Waals surface area contributed by atoms with Crippen LogP contribution in [0.1, 0.15) is 12.5 Å². The summed E-state index contributed by atoms with van der Waals surface area (Å²) in [5.74, 6) is 0.246. The van der Waals surface area contributed by atoms with Gasteiger partial charge >= 0.3 is 0 Å². The predicted molar refractivity (Wildman–Crippen MR) is 59.9 cm³/mol. The minimum Gasteiger partial charge on any atom is -0.409 e. The van der Waals surface area contributed by atoms with Gasteiger partial charge in [0.05, 0.1) is 5.25 Å². The molecule has 0 heterocycles. The summed E-state index contributed by atoms with van der Waals surface area (Å²) >= 11 is 1.57. The van der Waals surface area contributed by atoms with Gasteiger partial charge in [0, 0.05) is 4.90 Å². The van der Waals surface area contributed by atoms with Crippen LogP contribution in [0.4, 0.5) is 0 Å². The second-order valence-electron chi connectivity index (χ2n) is 3.10. The van der Waals surface area contributed by atoms with E-state index in [1.165, 1.54) is 5.56 Å². The van der Waals surface area contributed by atoms with E-state index in [0.29, 0.717) is 0 Å². The number of hydrogen-bond acceptors (Lipinski definition) is 3. The van der Waals surface area contributed by atoms with Crippen LogP contribution in [0.15, 0.2) is 34.3 Å². The molecule has 0 saturated heterocycles. The number of nitrogens with zero attached hydrogens (tertiary/aromatic N) is 1. The topological polar surface area (TPSA) is 58.6 Å². The van der Waals surface area contributed by atoms with Gasteiger partial charge in [-0.1, -0.05) is 22.9 Å². The van der Waals surface area contributed by atoms with Crippen molar-refractivity contribution in [1.29, 1.82) is 0 Å². The molecule has 3 nitrogen and oxygen atoms in total. The van der Waals surface area contributed by atoms with Crippen LogP contribution in [0, 0.1) is 6.92 Å². The molecule has 4 heteroatoms. The first-order chi connectivity index (χ1) is 6.63. The van der Waals surface area contributed by atoms with Gasteiger partial charge in [-0.25, -0.2) is 0 Å². The summed E-state index contributed by atoms with van der Waals surface area (Å²) in [6.45, 7) is 3.95. The molecule has 0 bridgehead atoms. The Kier molecular flexibility index (Phi) is 3.83. The van der Waals surface area contributed by atoms with Gasteiger partial charge < -0.3 is 10.9 Å². The molecule has 0 aromatic heterocycles. The minimum absolute atomic E-state index is 0.0114. The Balaban J connectivity index is 2.65. The largest absolute Gasteiger partial charge is 0.409 e. The summed E-state index contributed by atoms with van der Waals surface area (Å²) in [4.78, 5) is 1.12. The number of aryl methyl sites for hydroxylation is 1. The molecule has 0 spiro atoms. The van der Waals surface area contributed by atoms with Crippen LogP contribution in [0.5, 0.6) is 0 Å². The lowest BCUT2D eigenvalue weighted by molar-refractivity contribution is 0.317. The van der Waals surface area contributed by atoms with Crippen molar-refractivity contribution >= 4 is 17.6 Å². The molecule has 0 radical (unpaired) electrons. The third-order valence-electron chi connectivity index (χ3n) is 1.87. The number of rotatable bonds is 3. The lowest BCUT2D eigenvalue weighted by Gasteiger charge is -2.08. The van der Waals surface area contributed by atoms with Crippen molar-refractivity contribution in [2.24, 2.45) is 10.9 Å². The SMILES string of the molecule is Cc1ccc(SC(C)C(N)=NO)cc1. The van der Waals surface area contributed by atoms with Crippen LogP contribution in [0.25, 0.3) is 0 Å². The molecule has 76 valence electrons. The zero-order chi connectivity index (χ0) is 10.6. The highest BCUT2D eigenvalue weighted by Gasteiger charge is 2.08. The monoisotopic (exact) mass is 210 g/mol. The maximum Gasteiger partial charge on any atom is 0.152 e. The number of oxime groups is 1. The number of amidine groups is 1. The van der Waals surface area contributed by atoms with Crippen LogP contribution in [-0.4, -0.2) is 16.3 Å². The molecule has 0 amide bonds. The van der Waals surface area contributed by atoms with Gasteiger partial charge in [0.25, 0.3) is 0 Å². The number of benzene rings is 1. The number of hydrogen-bond donors (Lipinski definition) is 2. The normalized spacial score (nSPS) is 14.0. The van der Waals surface area contributed by atoms with Gasteiger partial charge in [0.1, 0.15) is 0 Å². The molecule has 0 aliphatic heterocycles. The molecule has 14 heavy (non-hydrogen) atoms. The predicted octanol–water partition coefficient (Wildman–Crippen LogP) is 2.22. The van der Waals surface area contributed by atoms with E-state index in [1.807, 2.05) is 38.1 Å². The summed E-state index contributed by atoms with van der Waals surface area (Å²) in [5, 5.41) is 11.4. The summed E-state index contributed by atoms with van der Waals surface area (Å²) in [7, 11) is 0. The molecular weight excluding hydrogens is 196 g/mol. The first-order valence-electron chi connectivity index (χ1n) is 4.34. The molecule has 1 atom stereocenters. The van der Waals surface area contributed by atoms with Crippen LogP contribution >= 0.6 is 11.8 Å². The van der Waals surface area contributed by atoms with Gasteiger partial charge in [-0.05, 0) is 26.0 Å². The van der Waals surface area contributed by atoms with Crippen LogP contribution in [0.3, 0.4) is 0 Å². The summed E-state index contributed by atoms with van der Waals surface area (Å²) < 4.78 is 0. The van der Waals surface area contributed by atoms with E-state index in [-0.39, 0.29) is 11.1 Å². The summed E-state index contributed by atoms with van der Waals surface area (Å²) in [6.07, 6.45) is 0. The Hall–Kier alpha value is -1.16. The highest BCUT2D eigenvalue weighted by Crippen LogP contribution is 2.23. The number of nitrogens with two attached hydrogens (primary N) is 1. The fourth-order valence-electron chi connectivity index (χ4n) is 0.963. The molecule has 1 unspecified atom stereocenters. The second-order valence-corrected chi connectivity index (χ2v) is 4.51. The third-order valence-corrected chi connectivity index (χ3v) is 3.01. The van der Waals surface area contributed by atoms with E-state index in [2.05, 4.69) is 5.16 Å². The van der Waals surface area contributed by atoms with E-state index in [9.17, 15) is 0 Å². The van der Waals surface area contributed by atoms with Crippen molar-refractivity contribution in [1.82, 2.24) is 0 Å². The van der Waals surface area contributed by atoms with Gasteiger partial charge in [0.15, 0.2) is 5.84 Å². The van der Waals surface area contributed by atoms with Gasteiger partial charge in [0.2, 0.25) is 0 Å². The van der Waals surface area contributed by atoms with Crippen molar-refractivity contribution in [2.45, 2.75) is 24.0 Å². The molecule has 0 aliphatic rings. The van der Waals surface area contributed by atoms with Crippen LogP contribution in [-0.2, 0) is 0 Å². The third kappa shape index (κ3) is 2.96. The van der Waals surface area contributed by atoms with Crippen LogP contribution in [0.2, 0.25) is 0 Å². The molecule has 1 rings (SSSR count). The zero-order valence-corrected chi connectivity index (χ0v) is 9.08. The van der Waals surface area contributed by atoms with Crippen molar-refractivity contribution in [3.63, 3.8) is 0 Å². The van der Waals surface area contributed by atoms with Gasteiger partial charge in [-0.2, -0.15) is 0 Å². The smallest absolute Gasteiger partial charge is 0.152 e. The maximum atomic E-state index is 8.48. The Morgan fingerprint density at radius 3 is 2.50 bits per heavy atom. The highest BCUT2D eigenvalue weighted by molar-refractivity contribution is 8.00. The second kappa shape index (κ2) is 4.91. The average Bonchev–Trinajstić information content (AvgIpc) is 2.20. The van der Waals surface area contributed by atoms with Crippen molar-refractivity contribution in [3.8, 4) is 0 Å². The zero-order valence-electron chi connectivity index (χ0n) is 8.27. The number of thioether (sulfide) groups is 1. The molecule has 0 aliphatic carbocycles. The lowest BCUT2D eigenvalue weighted by atomic mass is 10.2. The standard InChI is InChI=1S/C10H14N2OS/c1-7-3-5-9(6-4-7)14-8(2)10(11)12-13/h3-6,8,13H,1-2H3,(H2,11,12). The molecule has 3 N–H and O–H groups in total. The Morgan fingerprint density at radius 2 is 2.00 bits per heavy atom. The first-order valence-corrected chi connectivity index (χ1v) is 5.22. The molecule has 0 saturated carbocycles. The molecule has 1 aromatic carbocycles. The van der Waals surface area contributed by atoms with Crippen molar-refractivity contribution < 1.29 is 5.21 Å². The van der Waals surface area contributed by atoms with Crippen molar-refractivity contribution in [3.05, 3.63) is 29.8 Å². The van der Waals surface area contributed by atoms with E-state index >= 15 is 0 Å². The molecule has 0 fully saturated rings. The van der Waals surface area contributed by atoms with E-state index in [0.717, 1.165) is 4.90 Å². The Morgan fingerprint density at radius 1 is 1.43 bits per heavy atom. The van der Waals surface area contributed by atoms with Crippen molar-refractivity contribution in [2.75, 3.05) is 0 Å². The fraction of sp³-hybridized carbons (Fsp3) is 0.300. The maximum absolute atomic E-state index is 8.48. The highest BCUT2D eigenvalue weighted by atomic mass is 32.2. The average molecular weight is 210 g/mol. The summed E-state index contributed by atoms with van der Waals surface area (Å²) in [5.41, 5.74) is 6.70. The Bertz CT molecular complexity index is 321. The first kappa shape index (κ1) is 10.9. The van der Waals surface area contributed by atoms with Crippen LogP contribution < -0.4 is 5.73 Å². The summed E-state index contributed by atoms with van der Waals surface area (Å²) in [6, 6.07) is 8.14. The van der Waals surface area contributed by atoms with Gasteiger partial charge in [-0.15, -0.1) is 11.8 Å². The molecule has 1 aromatic rings. The minimum atomic E-state index is -0.0114. The van der Waals surface area contributed by atoms with E-state index < -0.39 is 0 Å². The Labute approximate surface area is 88.0 Å². The fourth-order valence-corrected chi connectivity index (χ4v) is 1.83. The van der Waals surface area contributed by atoms with Gasteiger partial charge in [-0.3, -0.25) is 0 Å². The molecular formula is C10H14N2OS. The quantitative estimate of drug-likeness (QED) is 0.264.